The van der Waals surface area contributed by atoms with Gasteiger partial charge in [0.15, 0.2) is 0 Å². The number of aromatic hydroxyl groups is 1. The van der Waals surface area contributed by atoms with Crippen molar-refractivity contribution in [2.45, 2.75) is 17.7 Å². The zero-order valence-electron chi connectivity index (χ0n) is 14.0. The molecule has 1 aromatic heterocycles. The molecule has 1 heterocycles. The lowest BCUT2D eigenvalue weighted by Crippen LogP contribution is -2.09. The monoisotopic (exact) mass is 409 g/mol. The summed E-state index contributed by atoms with van der Waals surface area (Å²) in [6.07, 6.45) is 1.74. The molecular formula is C19H17Cl2NO3S. The summed E-state index contributed by atoms with van der Waals surface area (Å²) in [6, 6.07) is 11.0. The summed E-state index contributed by atoms with van der Waals surface area (Å²) in [6.45, 7) is 0. The number of pyridine rings is 1. The van der Waals surface area contributed by atoms with E-state index < -0.39 is 0 Å². The van der Waals surface area contributed by atoms with E-state index in [2.05, 4.69) is 4.98 Å². The molecule has 0 aliphatic rings. The average molecular weight is 410 g/mol. The fraction of sp³-hybridized carbons (Fsp3) is 0.211. The minimum absolute atomic E-state index is 0.0973. The van der Waals surface area contributed by atoms with Crippen LogP contribution in [0.1, 0.15) is 12.0 Å². The number of benzene rings is 2. The van der Waals surface area contributed by atoms with Gasteiger partial charge in [-0.1, -0.05) is 35.3 Å². The number of nitrogens with one attached hydrogen (secondary N) is 1. The standard InChI is InChI=1S/C19H17Cl2NO3S/c1-25-13-6-4-11(5-7-13)3-2-8-26-18-17(23)16-14(21)9-12(20)10-15(16)22-19(18)24/h4-7,9-10H,2-3,8H2,1H3,(H2,22,23,24). The molecule has 0 spiro atoms. The summed E-state index contributed by atoms with van der Waals surface area (Å²) < 4.78 is 5.14. The lowest BCUT2D eigenvalue weighted by Gasteiger charge is -2.09. The van der Waals surface area contributed by atoms with Crippen molar-refractivity contribution in [2.75, 3.05) is 12.9 Å². The maximum atomic E-state index is 12.3. The number of rotatable bonds is 6. The first-order chi connectivity index (χ1) is 12.5. The van der Waals surface area contributed by atoms with Gasteiger partial charge in [-0.15, -0.1) is 11.8 Å². The Morgan fingerprint density at radius 2 is 1.92 bits per heavy atom. The highest BCUT2D eigenvalue weighted by Crippen LogP contribution is 2.37. The van der Waals surface area contributed by atoms with E-state index in [-0.39, 0.29) is 16.2 Å². The van der Waals surface area contributed by atoms with Crippen LogP contribution >= 0.6 is 35.0 Å². The van der Waals surface area contributed by atoms with Crippen LogP contribution in [-0.2, 0) is 6.42 Å². The minimum atomic E-state index is -0.345. The molecule has 7 heteroatoms. The highest BCUT2D eigenvalue weighted by atomic mass is 35.5. The lowest BCUT2D eigenvalue weighted by molar-refractivity contribution is 0.414. The molecule has 136 valence electrons. The van der Waals surface area contributed by atoms with Gasteiger partial charge in [0.25, 0.3) is 5.56 Å². The number of aromatic nitrogens is 1. The number of fused-ring (bicyclic) bond motifs is 1. The van der Waals surface area contributed by atoms with Gasteiger partial charge in [0.1, 0.15) is 16.4 Å². The fourth-order valence-electron chi connectivity index (χ4n) is 2.69. The molecule has 2 N–H and O–H groups in total. The molecule has 0 aliphatic carbocycles. The lowest BCUT2D eigenvalue weighted by atomic mass is 10.1. The van der Waals surface area contributed by atoms with Crippen LogP contribution in [-0.4, -0.2) is 23.0 Å². The van der Waals surface area contributed by atoms with Crippen molar-refractivity contribution in [3.63, 3.8) is 0 Å². The molecule has 0 fully saturated rings. The zero-order valence-corrected chi connectivity index (χ0v) is 16.3. The number of hydrogen-bond donors (Lipinski definition) is 2. The molecule has 3 rings (SSSR count). The maximum absolute atomic E-state index is 12.3. The summed E-state index contributed by atoms with van der Waals surface area (Å²) in [5.74, 6) is 1.42. The van der Waals surface area contributed by atoms with Crippen LogP contribution in [0, 0.1) is 0 Å². The summed E-state index contributed by atoms with van der Waals surface area (Å²) >= 11 is 13.4. The number of halogens is 2. The predicted molar refractivity (Wildman–Crippen MR) is 108 cm³/mol. The normalized spacial score (nSPS) is 11.0. The molecule has 0 unspecified atom stereocenters. The van der Waals surface area contributed by atoms with Crippen LogP contribution in [0.25, 0.3) is 10.9 Å². The Morgan fingerprint density at radius 1 is 1.19 bits per heavy atom. The second-order valence-corrected chi connectivity index (χ2v) is 7.69. The molecule has 0 atom stereocenters. The van der Waals surface area contributed by atoms with Gasteiger partial charge in [-0.2, -0.15) is 0 Å². The molecule has 0 saturated heterocycles. The van der Waals surface area contributed by atoms with E-state index in [1.165, 1.54) is 17.3 Å². The van der Waals surface area contributed by atoms with Crippen molar-refractivity contribution < 1.29 is 9.84 Å². The van der Waals surface area contributed by atoms with Crippen molar-refractivity contribution in [3.8, 4) is 11.5 Å². The highest BCUT2D eigenvalue weighted by molar-refractivity contribution is 7.99. The fourth-order valence-corrected chi connectivity index (χ4v) is 4.19. The second kappa shape index (κ2) is 8.25. The molecule has 0 bridgehead atoms. The number of methoxy groups -OCH3 is 1. The van der Waals surface area contributed by atoms with Crippen molar-refractivity contribution in [3.05, 3.63) is 62.4 Å². The van der Waals surface area contributed by atoms with Gasteiger partial charge in [-0.25, -0.2) is 0 Å². The Morgan fingerprint density at radius 3 is 2.62 bits per heavy atom. The van der Waals surface area contributed by atoms with Gasteiger partial charge in [-0.3, -0.25) is 4.79 Å². The topological polar surface area (TPSA) is 62.3 Å². The minimum Gasteiger partial charge on any atom is -0.506 e. The molecule has 0 radical (unpaired) electrons. The number of H-pyrrole nitrogens is 1. The first-order valence-corrected chi connectivity index (χ1v) is 9.73. The Labute approximate surface area is 165 Å². The number of thioether (sulfide) groups is 1. The molecule has 0 saturated carbocycles. The number of hydrogen-bond acceptors (Lipinski definition) is 4. The maximum Gasteiger partial charge on any atom is 0.265 e. The smallest absolute Gasteiger partial charge is 0.265 e. The van der Waals surface area contributed by atoms with Crippen LogP contribution in [0.3, 0.4) is 0 Å². The van der Waals surface area contributed by atoms with Crippen LogP contribution < -0.4 is 10.3 Å². The number of ether oxygens (including phenoxy) is 1. The van der Waals surface area contributed by atoms with E-state index in [4.69, 9.17) is 27.9 Å². The van der Waals surface area contributed by atoms with E-state index >= 15 is 0 Å². The molecule has 3 aromatic rings. The average Bonchev–Trinajstić information content (AvgIpc) is 2.60. The van der Waals surface area contributed by atoms with E-state index in [0.717, 1.165) is 18.6 Å². The third-order valence-electron chi connectivity index (χ3n) is 3.98. The van der Waals surface area contributed by atoms with Crippen molar-refractivity contribution in [2.24, 2.45) is 0 Å². The van der Waals surface area contributed by atoms with Crippen molar-refractivity contribution in [1.29, 1.82) is 0 Å². The van der Waals surface area contributed by atoms with Gasteiger partial charge in [-0.05, 0) is 48.4 Å². The summed E-state index contributed by atoms with van der Waals surface area (Å²) in [7, 11) is 1.64. The van der Waals surface area contributed by atoms with Gasteiger partial charge >= 0.3 is 0 Å². The number of aryl methyl sites for hydroxylation is 1. The first kappa shape index (κ1) is 19.0. The van der Waals surface area contributed by atoms with Crippen molar-refractivity contribution >= 4 is 45.9 Å². The summed E-state index contributed by atoms with van der Waals surface area (Å²) in [5.41, 5.74) is 1.27. The third-order valence-corrected chi connectivity index (χ3v) is 5.65. The van der Waals surface area contributed by atoms with E-state index in [0.29, 0.717) is 26.7 Å². The van der Waals surface area contributed by atoms with Gasteiger partial charge < -0.3 is 14.8 Å². The molecule has 2 aromatic carbocycles. The third kappa shape index (κ3) is 4.11. The van der Waals surface area contributed by atoms with Gasteiger partial charge in [0.2, 0.25) is 0 Å². The van der Waals surface area contributed by atoms with E-state index in [1.54, 1.807) is 19.2 Å². The molecular weight excluding hydrogens is 393 g/mol. The van der Waals surface area contributed by atoms with E-state index in [9.17, 15) is 9.90 Å². The molecule has 4 nitrogen and oxygen atoms in total. The van der Waals surface area contributed by atoms with Crippen LogP contribution in [0.4, 0.5) is 0 Å². The Balaban J connectivity index is 1.71. The molecule has 0 amide bonds. The van der Waals surface area contributed by atoms with Gasteiger partial charge in [0, 0.05) is 5.02 Å². The highest BCUT2D eigenvalue weighted by Gasteiger charge is 2.15. The Kier molecular flexibility index (Phi) is 6.01. The Bertz CT molecular complexity index is 987. The predicted octanol–water partition coefficient (Wildman–Crippen LogP) is 5.27. The summed E-state index contributed by atoms with van der Waals surface area (Å²) in [5, 5.41) is 11.6. The molecule has 0 aliphatic heterocycles. The van der Waals surface area contributed by atoms with Crippen LogP contribution in [0.2, 0.25) is 10.0 Å². The molecule has 26 heavy (non-hydrogen) atoms. The first-order valence-electron chi connectivity index (χ1n) is 7.99. The van der Waals surface area contributed by atoms with Crippen LogP contribution in [0.15, 0.2) is 46.1 Å². The number of aromatic amines is 1. The van der Waals surface area contributed by atoms with Gasteiger partial charge in [0.05, 0.1) is 23.0 Å². The SMILES string of the molecule is COc1ccc(CCCSc2c(O)c3c(Cl)cc(Cl)cc3[nH]c2=O)cc1. The second-order valence-electron chi connectivity index (χ2n) is 5.74. The zero-order chi connectivity index (χ0) is 18.7. The van der Waals surface area contributed by atoms with E-state index in [1.807, 2.05) is 24.3 Å². The Hall–Kier alpha value is -1.82. The van der Waals surface area contributed by atoms with Crippen molar-refractivity contribution in [1.82, 2.24) is 4.98 Å². The summed E-state index contributed by atoms with van der Waals surface area (Å²) in [4.78, 5) is 15.3. The largest absolute Gasteiger partial charge is 0.506 e. The van der Waals surface area contributed by atoms with Crippen LogP contribution in [0.5, 0.6) is 11.5 Å². The quantitative estimate of drug-likeness (QED) is 0.429.